The molecule has 30 heavy (non-hydrogen) atoms. The van der Waals surface area contributed by atoms with Gasteiger partial charge in [-0.1, -0.05) is 12.1 Å². The summed E-state index contributed by atoms with van der Waals surface area (Å²) < 4.78 is 5.27. The third-order valence-electron chi connectivity index (χ3n) is 5.40. The lowest BCUT2D eigenvalue weighted by Gasteiger charge is -2.33. The van der Waals surface area contributed by atoms with Crippen LogP contribution >= 0.6 is 0 Å². The van der Waals surface area contributed by atoms with Gasteiger partial charge in [0.1, 0.15) is 17.5 Å². The van der Waals surface area contributed by atoms with Crippen molar-refractivity contribution >= 4 is 22.7 Å². The van der Waals surface area contributed by atoms with Crippen LogP contribution in [0.25, 0.3) is 11.0 Å². The van der Waals surface area contributed by atoms with Crippen LogP contribution in [0.15, 0.2) is 51.8 Å². The lowest BCUT2D eigenvalue weighted by molar-refractivity contribution is -0.121. The molecule has 0 unspecified atom stereocenters. The number of pyridine rings is 1. The molecule has 1 amide bonds. The van der Waals surface area contributed by atoms with Crippen LogP contribution in [0, 0.1) is 18.3 Å². The maximum atomic E-state index is 12.6. The smallest absolute Gasteiger partial charge is 0.336 e. The van der Waals surface area contributed by atoms with E-state index >= 15 is 0 Å². The Balaban J connectivity index is 1.40. The van der Waals surface area contributed by atoms with Gasteiger partial charge >= 0.3 is 5.63 Å². The normalized spacial score (nSPS) is 14.5. The van der Waals surface area contributed by atoms with E-state index in [2.05, 4.69) is 21.3 Å². The number of piperidine rings is 1. The summed E-state index contributed by atoms with van der Waals surface area (Å²) in [7, 11) is 0. The number of hydrogen-bond acceptors (Lipinski definition) is 6. The Labute approximate surface area is 173 Å². The Morgan fingerprint density at radius 1 is 1.30 bits per heavy atom. The van der Waals surface area contributed by atoms with Gasteiger partial charge in [-0.3, -0.25) is 4.79 Å². The average molecular weight is 402 g/mol. The minimum Gasteiger partial charge on any atom is -0.423 e. The van der Waals surface area contributed by atoms with E-state index in [0.717, 1.165) is 23.8 Å². The third kappa shape index (κ3) is 4.18. The number of amides is 1. The Kier molecular flexibility index (Phi) is 5.48. The summed E-state index contributed by atoms with van der Waals surface area (Å²) in [6.45, 7) is 3.36. The first-order valence-electron chi connectivity index (χ1n) is 9.96. The summed E-state index contributed by atoms with van der Waals surface area (Å²) in [5.74, 6) is 0.582. The molecule has 4 rings (SSSR count). The number of carbonyl (C=O) groups is 1. The summed E-state index contributed by atoms with van der Waals surface area (Å²) in [6, 6.07) is 12.8. The van der Waals surface area contributed by atoms with Crippen LogP contribution in [0.2, 0.25) is 0 Å². The number of fused-ring (bicyclic) bond motifs is 1. The van der Waals surface area contributed by atoms with Gasteiger partial charge in [-0.25, -0.2) is 9.78 Å². The van der Waals surface area contributed by atoms with Crippen LogP contribution in [0.5, 0.6) is 0 Å². The zero-order valence-electron chi connectivity index (χ0n) is 16.7. The van der Waals surface area contributed by atoms with Crippen LogP contribution in [0.3, 0.4) is 0 Å². The molecule has 7 nitrogen and oxygen atoms in total. The number of anilines is 1. The molecule has 1 N–H and O–H groups in total. The maximum Gasteiger partial charge on any atom is 0.336 e. The summed E-state index contributed by atoms with van der Waals surface area (Å²) in [4.78, 5) is 30.9. The summed E-state index contributed by atoms with van der Waals surface area (Å²) in [6.07, 6.45) is 3.35. The molecule has 2 aromatic heterocycles. The maximum absolute atomic E-state index is 12.6. The first kappa shape index (κ1) is 19.6. The fourth-order valence-electron chi connectivity index (χ4n) is 3.91. The molecule has 0 aliphatic carbocycles. The number of benzene rings is 1. The minimum atomic E-state index is -0.451. The van der Waals surface area contributed by atoms with Crippen LogP contribution in [0.4, 0.5) is 5.82 Å². The Morgan fingerprint density at radius 2 is 2.10 bits per heavy atom. The monoisotopic (exact) mass is 402 g/mol. The van der Waals surface area contributed by atoms with Crippen molar-refractivity contribution in [3.05, 3.63) is 69.7 Å². The molecule has 0 bridgehead atoms. The highest BCUT2D eigenvalue weighted by atomic mass is 16.4. The van der Waals surface area contributed by atoms with E-state index in [0.29, 0.717) is 35.6 Å². The van der Waals surface area contributed by atoms with Gasteiger partial charge < -0.3 is 14.6 Å². The van der Waals surface area contributed by atoms with Crippen LogP contribution < -0.4 is 15.8 Å². The topological polar surface area (TPSA) is 99.2 Å². The van der Waals surface area contributed by atoms with Crippen molar-refractivity contribution in [2.75, 3.05) is 18.0 Å². The van der Waals surface area contributed by atoms with Gasteiger partial charge in [0.2, 0.25) is 5.91 Å². The Hall–Kier alpha value is -3.66. The highest BCUT2D eigenvalue weighted by molar-refractivity contribution is 5.87. The second-order valence-corrected chi connectivity index (χ2v) is 7.58. The molecular formula is C23H22N4O3. The number of nitrogens with one attached hydrogen (secondary N) is 1. The Bertz CT molecular complexity index is 1190. The zero-order valence-corrected chi connectivity index (χ0v) is 16.7. The van der Waals surface area contributed by atoms with Crippen molar-refractivity contribution < 1.29 is 9.21 Å². The standard InChI is InChI=1S/C23H22N4O3/c1-15-4-5-19-17(13-22(29)30-20(19)11-15)12-21(28)26-18-6-9-27(10-7-18)23-16(14-24)3-2-8-25-23/h2-5,8,11,13,18H,6-7,9-10,12H2,1H3,(H,26,28). The number of carbonyl (C=O) groups excluding carboxylic acids is 1. The van der Waals surface area contributed by atoms with Crippen LogP contribution in [-0.2, 0) is 11.2 Å². The highest BCUT2D eigenvalue weighted by Gasteiger charge is 2.23. The molecule has 3 heterocycles. The van der Waals surface area contributed by atoms with Gasteiger partial charge in [-0.05, 0) is 49.1 Å². The molecule has 1 fully saturated rings. The second kappa shape index (κ2) is 8.37. The molecule has 0 saturated carbocycles. The second-order valence-electron chi connectivity index (χ2n) is 7.58. The SMILES string of the molecule is Cc1ccc2c(CC(=O)NC3CCN(c4ncccc4C#N)CC3)cc(=O)oc2c1. The van der Waals surface area contributed by atoms with Crippen LogP contribution in [-0.4, -0.2) is 30.0 Å². The van der Waals surface area contributed by atoms with Crippen LogP contribution in [0.1, 0.15) is 29.5 Å². The molecule has 1 saturated heterocycles. The van der Waals surface area contributed by atoms with Crippen molar-refractivity contribution in [2.24, 2.45) is 0 Å². The average Bonchev–Trinajstić information content (AvgIpc) is 2.73. The van der Waals surface area contributed by atoms with E-state index in [1.807, 2.05) is 19.1 Å². The van der Waals surface area contributed by atoms with Gasteiger partial charge in [-0.2, -0.15) is 5.26 Å². The fraction of sp³-hybridized carbons (Fsp3) is 0.304. The number of rotatable bonds is 4. The number of aromatic nitrogens is 1. The lowest BCUT2D eigenvalue weighted by Crippen LogP contribution is -2.45. The molecule has 7 heteroatoms. The third-order valence-corrected chi connectivity index (χ3v) is 5.40. The zero-order chi connectivity index (χ0) is 21.1. The van der Waals surface area contributed by atoms with Gasteiger partial charge in [0.05, 0.1) is 12.0 Å². The van der Waals surface area contributed by atoms with Crippen molar-refractivity contribution in [1.29, 1.82) is 5.26 Å². The Morgan fingerprint density at radius 3 is 2.87 bits per heavy atom. The molecule has 0 spiro atoms. The summed E-state index contributed by atoms with van der Waals surface area (Å²) in [5, 5.41) is 13.1. The van der Waals surface area contributed by atoms with Gasteiger partial charge in [0.25, 0.3) is 0 Å². The van der Waals surface area contributed by atoms with Gasteiger partial charge in [0.15, 0.2) is 0 Å². The lowest BCUT2D eigenvalue weighted by atomic mass is 10.0. The van der Waals surface area contributed by atoms with E-state index < -0.39 is 5.63 Å². The molecule has 0 atom stereocenters. The fourth-order valence-corrected chi connectivity index (χ4v) is 3.91. The molecule has 152 valence electrons. The first-order valence-corrected chi connectivity index (χ1v) is 9.96. The van der Waals surface area contributed by atoms with Gasteiger partial charge in [0, 0.05) is 36.8 Å². The van der Waals surface area contributed by atoms with Crippen molar-refractivity contribution in [3.63, 3.8) is 0 Å². The number of nitriles is 1. The number of nitrogens with zero attached hydrogens (tertiary/aromatic N) is 3. The minimum absolute atomic E-state index is 0.0524. The van der Waals surface area contributed by atoms with E-state index in [9.17, 15) is 14.9 Å². The van der Waals surface area contributed by atoms with Crippen molar-refractivity contribution in [3.8, 4) is 6.07 Å². The summed E-state index contributed by atoms with van der Waals surface area (Å²) >= 11 is 0. The van der Waals surface area contributed by atoms with Crippen molar-refractivity contribution in [1.82, 2.24) is 10.3 Å². The number of aryl methyl sites for hydroxylation is 1. The van der Waals surface area contributed by atoms with Gasteiger partial charge in [-0.15, -0.1) is 0 Å². The molecule has 1 aliphatic heterocycles. The number of hydrogen-bond donors (Lipinski definition) is 1. The highest BCUT2D eigenvalue weighted by Crippen LogP contribution is 2.22. The van der Waals surface area contributed by atoms with E-state index in [4.69, 9.17) is 4.42 Å². The van der Waals surface area contributed by atoms with E-state index in [-0.39, 0.29) is 18.4 Å². The first-order chi connectivity index (χ1) is 14.5. The molecule has 1 aliphatic rings. The molecular weight excluding hydrogens is 380 g/mol. The van der Waals surface area contributed by atoms with E-state index in [1.165, 1.54) is 6.07 Å². The molecule has 0 radical (unpaired) electrons. The van der Waals surface area contributed by atoms with E-state index in [1.54, 1.807) is 24.4 Å². The molecule has 1 aromatic carbocycles. The van der Waals surface area contributed by atoms with Crippen molar-refractivity contribution in [2.45, 2.75) is 32.2 Å². The predicted octanol–water partition coefficient (Wildman–Crippen LogP) is 2.70. The summed E-state index contributed by atoms with van der Waals surface area (Å²) in [5.41, 5.74) is 2.27. The predicted molar refractivity (Wildman–Crippen MR) is 113 cm³/mol. The largest absolute Gasteiger partial charge is 0.423 e. The quantitative estimate of drug-likeness (QED) is 0.674. The molecule has 3 aromatic rings.